The van der Waals surface area contributed by atoms with Gasteiger partial charge in [-0.2, -0.15) is 0 Å². The Hall–Kier alpha value is -9.71. The van der Waals surface area contributed by atoms with Gasteiger partial charge in [-0.05, 0) is 40.6 Å². The van der Waals surface area contributed by atoms with Gasteiger partial charge in [0, 0.05) is 51.2 Å². The second-order valence-electron chi connectivity index (χ2n) is 19.3. The second-order valence-corrected chi connectivity index (χ2v) is 19.3. The predicted molar refractivity (Wildman–Crippen MR) is 324 cm³/mol. The zero-order chi connectivity index (χ0) is 65.4. The van der Waals surface area contributed by atoms with Crippen LogP contribution in [0.15, 0.2) is 126 Å². The van der Waals surface area contributed by atoms with Crippen molar-refractivity contribution in [3.63, 3.8) is 0 Å². The first kappa shape index (κ1) is 74.5. The fourth-order valence-electron chi connectivity index (χ4n) is 7.63. The van der Waals surface area contributed by atoms with Gasteiger partial charge in [-0.15, -0.1) is 6.42 Å². The van der Waals surface area contributed by atoms with Crippen LogP contribution < -0.4 is 31.9 Å². The van der Waals surface area contributed by atoms with E-state index < -0.39 is 96.3 Å². The standard InChI is InChI=1S/C33H41N3O9.C30H38N6O9/c1-3-19-42-21-22-43-20-18-34-32(40)28(14-16-30(38)44-23-26-10-6-4-7-11-26)36-33(41)29(35-25(2)37)15-17-31(39)45-24-27-12-8-5-9-13-27;1-22(37)34-26(19-28(39)45-21-24-10-6-3-7-11-24)30(41)35-25(18-27(38)44-20-23-8-4-2-5-9-23)29(40)32-12-14-42-16-17-43-15-13-33-36-31/h1,4-13,28-29H,14-24H2,2H3,(H,34,40)(H,35,37)(H,36,41);2-11,25-26H,12-21H2,1H3,(H,32,40)(H,34,37)(H,35,41)/t28-,29+;25-,26+/m11/s1. The number of nitrogens with one attached hydrogen (secondary N) is 6. The summed E-state index contributed by atoms with van der Waals surface area (Å²) in [4.78, 5) is 129. The Labute approximate surface area is 522 Å². The molecule has 0 saturated carbocycles. The van der Waals surface area contributed by atoms with Crippen molar-refractivity contribution in [2.24, 2.45) is 5.11 Å². The number of hydrogen-bond donors (Lipinski definition) is 6. The van der Waals surface area contributed by atoms with E-state index in [0.717, 1.165) is 22.3 Å². The summed E-state index contributed by atoms with van der Waals surface area (Å²) >= 11 is 0. The molecule has 0 aliphatic rings. The molecule has 0 radical (unpaired) electrons. The largest absolute Gasteiger partial charge is 0.461 e. The van der Waals surface area contributed by atoms with Crippen molar-refractivity contribution in [3.8, 4) is 12.3 Å². The Morgan fingerprint density at radius 3 is 1.18 bits per heavy atom. The number of esters is 4. The zero-order valence-electron chi connectivity index (χ0n) is 50.5. The lowest BCUT2D eigenvalue weighted by molar-refractivity contribution is -0.149. The van der Waals surface area contributed by atoms with E-state index in [1.54, 1.807) is 48.5 Å². The van der Waals surface area contributed by atoms with Gasteiger partial charge in [0.2, 0.25) is 35.4 Å². The molecule has 0 saturated heterocycles. The van der Waals surface area contributed by atoms with Gasteiger partial charge < -0.3 is 69.8 Å². The molecule has 0 bridgehead atoms. The van der Waals surface area contributed by atoms with Gasteiger partial charge >= 0.3 is 23.9 Å². The van der Waals surface area contributed by atoms with Crippen molar-refractivity contribution >= 4 is 59.3 Å². The Bertz CT molecular complexity index is 2920. The topological polar surface area (TPSA) is 365 Å². The number of ether oxygens (including phenoxy) is 8. The fraction of sp³-hybridized carbons (Fsp3) is 0.429. The molecule has 484 valence electrons. The summed E-state index contributed by atoms with van der Waals surface area (Å²) in [7, 11) is 0. The Morgan fingerprint density at radius 2 is 0.778 bits per heavy atom. The van der Waals surface area contributed by atoms with E-state index in [0.29, 0.717) is 6.61 Å². The monoisotopic (exact) mass is 1250 g/mol. The first-order valence-electron chi connectivity index (χ1n) is 28.8. The third-order valence-corrected chi connectivity index (χ3v) is 12.1. The summed E-state index contributed by atoms with van der Waals surface area (Å²) in [5, 5.41) is 18.5. The van der Waals surface area contributed by atoms with Crippen molar-refractivity contribution in [2.45, 2.75) is 103 Å². The van der Waals surface area contributed by atoms with E-state index in [9.17, 15) is 47.9 Å². The number of benzene rings is 4. The van der Waals surface area contributed by atoms with Crippen LogP contribution in [0.25, 0.3) is 10.4 Å². The molecule has 0 fully saturated rings. The highest BCUT2D eigenvalue weighted by atomic mass is 16.5. The lowest BCUT2D eigenvalue weighted by Crippen LogP contribution is -2.55. The molecule has 6 amide bonds. The van der Waals surface area contributed by atoms with Gasteiger partial charge in [0.1, 0.15) is 57.2 Å². The van der Waals surface area contributed by atoms with Gasteiger partial charge in [-0.25, -0.2) is 0 Å². The summed E-state index contributed by atoms with van der Waals surface area (Å²) in [6, 6.07) is 31.0. The second kappa shape index (κ2) is 46.4. The van der Waals surface area contributed by atoms with Gasteiger partial charge in [0.15, 0.2) is 0 Å². The smallest absolute Gasteiger partial charge is 0.308 e. The van der Waals surface area contributed by atoms with Crippen LogP contribution in [-0.4, -0.2) is 156 Å². The molecule has 27 heteroatoms. The number of azide groups is 1. The highest BCUT2D eigenvalue weighted by Crippen LogP contribution is 2.11. The molecular weight excluding hydrogens is 1170 g/mol. The molecule has 4 rings (SSSR count). The van der Waals surface area contributed by atoms with Gasteiger partial charge in [0.05, 0.1) is 59.1 Å². The Balaban J connectivity index is 0.000000470. The molecule has 27 nitrogen and oxygen atoms in total. The van der Waals surface area contributed by atoms with Crippen LogP contribution >= 0.6 is 0 Å². The molecule has 0 aliphatic carbocycles. The normalized spacial score (nSPS) is 11.7. The lowest BCUT2D eigenvalue weighted by atomic mass is 10.1. The average Bonchev–Trinajstić information content (AvgIpc) is 3.68. The number of amides is 6. The first-order valence-corrected chi connectivity index (χ1v) is 28.8. The molecule has 0 heterocycles. The van der Waals surface area contributed by atoms with Crippen molar-refractivity contribution in [1.82, 2.24) is 31.9 Å². The third kappa shape index (κ3) is 35.8. The number of carbonyl (C=O) groups excluding carboxylic acids is 10. The van der Waals surface area contributed by atoms with E-state index in [1.165, 1.54) is 13.8 Å². The molecule has 4 aromatic carbocycles. The fourth-order valence-corrected chi connectivity index (χ4v) is 7.63. The van der Waals surface area contributed by atoms with E-state index in [-0.39, 0.29) is 118 Å². The van der Waals surface area contributed by atoms with Crippen LogP contribution in [0, 0.1) is 12.3 Å². The first-order chi connectivity index (χ1) is 43.6. The van der Waals surface area contributed by atoms with E-state index in [2.05, 4.69) is 47.8 Å². The summed E-state index contributed by atoms with van der Waals surface area (Å²) in [5.74, 6) is -4.19. The van der Waals surface area contributed by atoms with Crippen LogP contribution in [-0.2, 0) is 112 Å². The molecule has 0 unspecified atom stereocenters. The van der Waals surface area contributed by atoms with E-state index >= 15 is 0 Å². The molecular formula is C63H79N9O18. The van der Waals surface area contributed by atoms with Crippen molar-refractivity contribution in [3.05, 3.63) is 154 Å². The van der Waals surface area contributed by atoms with Crippen molar-refractivity contribution in [1.29, 1.82) is 0 Å². The van der Waals surface area contributed by atoms with Gasteiger partial charge in [-0.1, -0.05) is 132 Å². The summed E-state index contributed by atoms with van der Waals surface area (Å²) < 4.78 is 42.2. The van der Waals surface area contributed by atoms with Crippen molar-refractivity contribution < 1.29 is 85.8 Å². The lowest BCUT2D eigenvalue weighted by Gasteiger charge is -2.23. The van der Waals surface area contributed by atoms with Gasteiger partial charge in [-0.3, -0.25) is 47.9 Å². The predicted octanol–water partition coefficient (Wildman–Crippen LogP) is 3.51. The maximum Gasteiger partial charge on any atom is 0.308 e. The quantitative estimate of drug-likeness (QED) is 0.00703. The Kier molecular flexibility index (Phi) is 38.5. The molecule has 4 atom stereocenters. The number of carbonyl (C=O) groups is 10. The van der Waals surface area contributed by atoms with Crippen molar-refractivity contribution in [2.75, 3.05) is 72.5 Å². The summed E-state index contributed by atoms with van der Waals surface area (Å²) in [6.07, 6.45) is 3.63. The molecule has 6 N–H and O–H groups in total. The van der Waals surface area contributed by atoms with E-state index in [4.69, 9.17) is 49.8 Å². The number of nitrogens with zero attached hydrogens (tertiary/aromatic N) is 3. The van der Waals surface area contributed by atoms with Crippen LogP contribution in [0.2, 0.25) is 0 Å². The molecule has 90 heavy (non-hydrogen) atoms. The minimum Gasteiger partial charge on any atom is -0.461 e. The SMILES string of the molecule is C#CCOCCOCCNC(=O)[C@@H](CCC(=O)OCc1ccccc1)NC(=O)[C@H](CCC(=O)OCc1ccccc1)NC(C)=O.CC(=O)N[C@@H](CC(=O)OCc1ccccc1)C(=O)N[C@H](CC(=O)OCc1ccccc1)C(=O)NCCOCCOCCN=[N+]=[N-]. The highest BCUT2D eigenvalue weighted by Gasteiger charge is 2.31. The maximum atomic E-state index is 13.2. The Morgan fingerprint density at radius 1 is 0.444 bits per heavy atom. The van der Waals surface area contributed by atoms with Crippen LogP contribution in [0.3, 0.4) is 0 Å². The number of rotatable bonds is 42. The van der Waals surface area contributed by atoms with Crippen LogP contribution in [0.4, 0.5) is 0 Å². The average molecular weight is 1250 g/mol. The van der Waals surface area contributed by atoms with Crippen LogP contribution in [0.5, 0.6) is 0 Å². The molecule has 4 aromatic rings. The van der Waals surface area contributed by atoms with Gasteiger partial charge in [0.25, 0.3) is 0 Å². The zero-order valence-corrected chi connectivity index (χ0v) is 50.5. The highest BCUT2D eigenvalue weighted by molar-refractivity contribution is 5.95. The minimum absolute atomic E-state index is 0.0314. The number of terminal acetylenes is 1. The maximum absolute atomic E-state index is 13.2. The summed E-state index contributed by atoms with van der Waals surface area (Å²) in [6.45, 7) is 4.58. The minimum atomic E-state index is -1.39. The number of hydrogen-bond acceptors (Lipinski definition) is 19. The summed E-state index contributed by atoms with van der Waals surface area (Å²) in [5.41, 5.74) is 11.3. The third-order valence-electron chi connectivity index (χ3n) is 12.1. The van der Waals surface area contributed by atoms with E-state index in [1.807, 2.05) is 72.8 Å². The van der Waals surface area contributed by atoms with Crippen LogP contribution in [0.1, 0.15) is 74.6 Å². The molecule has 0 aromatic heterocycles. The molecule has 0 aliphatic heterocycles. The molecule has 0 spiro atoms.